The second kappa shape index (κ2) is 6.66. The molecule has 23 heavy (non-hydrogen) atoms. The highest BCUT2D eigenvalue weighted by Gasteiger charge is 2.43. The molecule has 2 atom stereocenters. The van der Waals surface area contributed by atoms with Gasteiger partial charge in [-0.3, -0.25) is 14.3 Å². The van der Waals surface area contributed by atoms with Crippen LogP contribution in [0.5, 0.6) is 0 Å². The number of hydrogen-bond donors (Lipinski definition) is 1. The smallest absolute Gasteiger partial charge is 0.239 e. The second-order valence-electron chi connectivity index (χ2n) is 5.60. The highest BCUT2D eigenvalue weighted by molar-refractivity contribution is 7.90. The fraction of sp³-hybridized carbons (Fsp3) is 0.467. The lowest BCUT2D eigenvalue weighted by atomic mass is 9.93. The van der Waals surface area contributed by atoms with Gasteiger partial charge in [0, 0.05) is 13.5 Å². The molecule has 126 valence electrons. The largest absolute Gasteiger partial charge is 0.338 e. The molecule has 0 aromatic heterocycles. The van der Waals surface area contributed by atoms with Crippen LogP contribution in [0.2, 0.25) is 0 Å². The SMILES string of the molecule is CCCS(=O)(=O)NC(=O)[C@H]1CC(=O)N(C)[C@@H]1c1ccc(F)cc1. The number of benzene rings is 1. The van der Waals surface area contributed by atoms with E-state index in [1.54, 1.807) is 14.0 Å². The van der Waals surface area contributed by atoms with Crippen molar-refractivity contribution in [1.82, 2.24) is 9.62 Å². The van der Waals surface area contributed by atoms with Crippen LogP contribution in [-0.2, 0) is 19.6 Å². The maximum absolute atomic E-state index is 13.1. The van der Waals surface area contributed by atoms with E-state index in [0.29, 0.717) is 12.0 Å². The molecule has 2 rings (SSSR count). The van der Waals surface area contributed by atoms with E-state index in [0.717, 1.165) is 0 Å². The van der Waals surface area contributed by atoms with Gasteiger partial charge in [-0.05, 0) is 24.1 Å². The van der Waals surface area contributed by atoms with Crippen LogP contribution in [0, 0.1) is 11.7 Å². The lowest BCUT2D eigenvalue weighted by molar-refractivity contribution is -0.128. The monoisotopic (exact) mass is 342 g/mol. The van der Waals surface area contributed by atoms with E-state index in [-0.39, 0.29) is 18.1 Å². The molecule has 2 amide bonds. The summed E-state index contributed by atoms with van der Waals surface area (Å²) in [5, 5.41) is 0. The van der Waals surface area contributed by atoms with Crippen LogP contribution < -0.4 is 4.72 Å². The van der Waals surface area contributed by atoms with Crippen molar-refractivity contribution < 1.29 is 22.4 Å². The fourth-order valence-electron chi connectivity index (χ4n) is 2.77. The number of nitrogens with one attached hydrogen (secondary N) is 1. The molecule has 0 bridgehead atoms. The van der Waals surface area contributed by atoms with Crippen LogP contribution in [0.1, 0.15) is 31.4 Å². The summed E-state index contributed by atoms with van der Waals surface area (Å²) < 4.78 is 38.6. The zero-order valence-electron chi connectivity index (χ0n) is 13.0. The number of amides is 2. The molecule has 1 heterocycles. The number of nitrogens with zero attached hydrogens (tertiary/aromatic N) is 1. The van der Waals surface area contributed by atoms with Gasteiger partial charge in [-0.15, -0.1) is 0 Å². The van der Waals surface area contributed by atoms with E-state index >= 15 is 0 Å². The summed E-state index contributed by atoms with van der Waals surface area (Å²) >= 11 is 0. The molecule has 0 spiro atoms. The molecule has 1 aromatic rings. The molecule has 0 radical (unpaired) electrons. The molecule has 1 saturated heterocycles. The van der Waals surface area contributed by atoms with Crippen LogP contribution in [0.25, 0.3) is 0 Å². The summed E-state index contributed by atoms with van der Waals surface area (Å²) in [6.45, 7) is 1.69. The van der Waals surface area contributed by atoms with E-state index in [1.165, 1.54) is 29.2 Å². The third-order valence-electron chi connectivity index (χ3n) is 3.86. The van der Waals surface area contributed by atoms with Gasteiger partial charge in [0.05, 0.1) is 17.7 Å². The predicted octanol–water partition coefficient (Wildman–Crippen LogP) is 1.20. The van der Waals surface area contributed by atoms with Crippen molar-refractivity contribution in [2.45, 2.75) is 25.8 Å². The third-order valence-corrected chi connectivity index (χ3v) is 5.32. The Labute approximate surface area is 134 Å². The van der Waals surface area contributed by atoms with E-state index < -0.39 is 33.7 Å². The zero-order valence-corrected chi connectivity index (χ0v) is 13.8. The van der Waals surface area contributed by atoms with Crippen LogP contribution in [-0.4, -0.2) is 37.9 Å². The number of carbonyl (C=O) groups is 2. The Morgan fingerprint density at radius 2 is 1.96 bits per heavy atom. The molecule has 8 heteroatoms. The minimum atomic E-state index is -3.70. The average molecular weight is 342 g/mol. The number of halogens is 1. The lowest BCUT2D eigenvalue weighted by Gasteiger charge is -2.24. The van der Waals surface area contributed by atoms with Crippen LogP contribution >= 0.6 is 0 Å². The van der Waals surface area contributed by atoms with Crippen LogP contribution in [0.4, 0.5) is 4.39 Å². The number of sulfonamides is 1. The van der Waals surface area contributed by atoms with Crippen molar-refractivity contribution in [3.8, 4) is 0 Å². The van der Waals surface area contributed by atoms with E-state index in [1.807, 2.05) is 4.72 Å². The number of carbonyl (C=O) groups excluding carboxylic acids is 2. The molecule has 1 fully saturated rings. The van der Waals surface area contributed by atoms with Crippen LogP contribution in [0.15, 0.2) is 24.3 Å². The molecule has 0 aliphatic carbocycles. The summed E-state index contributed by atoms with van der Waals surface area (Å²) in [5.74, 6) is -2.37. The number of hydrogen-bond acceptors (Lipinski definition) is 4. The molecule has 0 unspecified atom stereocenters. The first-order valence-corrected chi connectivity index (χ1v) is 8.96. The Kier molecular flexibility index (Phi) is 5.03. The Morgan fingerprint density at radius 1 is 1.35 bits per heavy atom. The lowest BCUT2D eigenvalue weighted by Crippen LogP contribution is -2.39. The van der Waals surface area contributed by atoms with E-state index in [2.05, 4.69) is 0 Å². The van der Waals surface area contributed by atoms with Gasteiger partial charge in [0.1, 0.15) is 5.82 Å². The van der Waals surface area contributed by atoms with E-state index in [4.69, 9.17) is 0 Å². The van der Waals surface area contributed by atoms with Gasteiger partial charge in [0.25, 0.3) is 0 Å². The Morgan fingerprint density at radius 3 is 2.52 bits per heavy atom. The Bertz CT molecular complexity index is 703. The summed E-state index contributed by atoms with van der Waals surface area (Å²) in [4.78, 5) is 25.7. The number of rotatable bonds is 5. The van der Waals surface area contributed by atoms with Crippen LogP contribution in [0.3, 0.4) is 0 Å². The van der Waals surface area contributed by atoms with Gasteiger partial charge in [-0.25, -0.2) is 12.8 Å². The van der Waals surface area contributed by atoms with Crippen molar-refractivity contribution in [2.75, 3.05) is 12.8 Å². The van der Waals surface area contributed by atoms with Crippen molar-refractivity contribution >= 4 is 21.8 Å². The Hall–Kier alpha value is -1.96. The van der Waals surface area contributed by atoms with Gasteiger partial charge < -0.3 is 4.90 Å². The zero-order chi connectivity index (χ0) is 17.2. The van der Waals surface area contributed by atoms with Crippen molar-refractivity contribution in [2.24, 2.45) is 5.92 Å². The minimum absolute atomic E-state index is 0.0774. The first-order valence-electron chi connectivity index (χ1n) is 7.30. The summed E-state index contributed by atoms with van der Waals surface area (Å²) in [6, 6.07) is 4.87. The maximum Gasteiger partial charge on any atom is 0.239 e. The first kappa shape index (κ1) is 17.4. The quantitative estimate of drug-likeness (QED) is 0.871. The van der Waals surface area contributed by atoms with Gasteiger partial charge in [0.15, 0.2) is 0 Å². The van der Waals surface area contributed by atoms with Crippen molar-refractivity contribution in [1.29, 1.82) is 0 Å². The minimum Gasteiger partial charge on any atom is -0.338 e. The van der Waals surface area contributed by atoms with Gasteiger partial charge in [-0.2, -0.15) is 0 Å². The average Bonchev–Trinajstić information content (AvgIpc) is 2.76. The molecule has 0 saturated carbocycles. The third kappa shape index (κ3) is 3.87. The fourth-order valence-corrected chi connectivity index (χ4v) is 3.87. The molecular weight excluding hydrogens is 323 g/mol. The highest BCUT2D eigenvalue weighted by atomic mass is 32.2. The van der Waals surface area contributed by atoms with Gasteiger partial charge in [0.2, 0.25) is 21.8 Å². The Balaban J connectivity index is 2.27. The topological polar surface area (TPSA) is 83.5 Å². The second-order valence-corrected chi connectivity index (χ2v) is 7.44. The number of likely N-dealkylation sites (tertiary alicyclic amines) is 1. The molecule has 1 aliphatic rings. The van der Waals surface area contributed by atoms with Gasteiger partial charge >= 0.3 is 0 Å². The molecule has 1 aromatic carbocycles. The highest BCUT2D eigenvalue weighted by Crippen LogP contribution is 2.37. The summed E-state index contributed by atoms with van der Waals surface area (Å²) in [7, 11) is -2.16. The summed E-state index contributed by atoms with van der Waals surface area (Å²) in [5.41, 5.74) is 0.591. The first-order chi connectivity index (χ1) is 10.7. The van der Waals surface area contributed by atoms with E-state index in [9.17, 15) is 22.4 Å². The normalized spacial score (nSPS) is 21.5. The standard InChI is InChI=1S/C15H19FN2O4S/c1-3-8-23(21,22)17-15(20)12-9-13(19)18(2)14(12)10-4-6-11(16)7-5-10/h4-7,12,14H,3,8-9H2,1-2H3,(H,17,20)/t12-,14+/m0/s1. The van der Waals surface area contributed by atoms with Crippen molar-refractivity contribution in [3.05, 3.63) is 35.6 Å². The molecule has 1 aliphatic heterocycles. The summed E-state index contributed by atoms with van der Waals surface area (Å²) in [6.07, 6.45) is 0.305. The molecule has 6 nitrogen and oxygen atoms in total. The maximum atomic E-state index is 13.1. The predicted molar refractivity (Wildman–Crippen MR) is 82.2 cm³/mol. The molecular formula is C15H19FN2O4S. The van der Waals surface area contributed by atoms with Gasteiger partial charge in [-0.1, -0.05) is 19.1 Å². The molecule has 1 N–H and O–H groups in total. The van der Waals surface area contributed by atoms with Crippen molar-refractivity contribution in [3.63, 3.8) is 0 Å².